The lowest BCUT2D eigenvalue weighted by Crippen LogP contribution is -2.30. The standard InChI is InChI=1S/C28H29BrN2O2S2/c1-19-6-2-5-9-25(19)33-15-14-30-18-21(23-17-22(29)10-11-24(23)30)16-26-27(32)31(28(34)35-26)13-12-20-7-3-4-8-20/h2,5-6,9-11,16-18,20H,3-4,7-8,12-15H2,1H3/b26-16-. The lowest BCUT2D eigenvalue weighted by atomic mass is 10.0. The van der Waals surface area contributed by atoms with Gasteiger partial charge in [0.05, 0.1) is 11.4 Å². The highest BCUT2D eigenvalue weighted by atomic mass is 79.9. The fraction of sp³-hybridized carbons (Fsp3) is 0.357. The molecule has 1 aliphatic carbocycles. The smallest absolute Gasteiger partial charge is 0.266 e. The highest BCUT2D eigenvalue weighted by molar-refractivity contribution is 9.10. The molecule has 0 spiro atoms. The first-order valence-electron chi connectivity index (χ1n) is 12.2. The Labute approximate surface area is 224 Å². The van der Waals surface area contributed by atoms with Crippen molar-refractivity contribution < 1.29 is 9.53 Å². The lowest BCUT2D eigenvalue weighted by molar-refractivity contribution is -0.122. The number of halogens is 1. The summed E-state index contributed by atoms with van der Waals surface area (Å²) in [7, 11) is 0. The van der Waals surface area contributed by atoms with Crippen LogP contribution in [0, 0.1) is 12.8 Å². The molecule has 0 N–H and O–H groups in total. The van der Waals surface area contributed by atoms with E-state index in [2.05, 4.69) is 51.8 Å². The molecule has 5 rings (SSSR count). The van der Waals surface area contributed by atoms with E-state index < -0.39 is 0 Å². The first-order chi connectivity index (χ1) is 17.0. The topological polar surface area (TPSA) is 34.5 Å². The summed E-state index contributed by atoms with van der Waals surface area (Å²) in [6, 6.07) is 14.3. The number of carbonyl (C=O) groups is 1. The van der Waals surface area contributed by atoms with Crippen LogP contribution in [0.15, 0.2) is 58.0 Å². The van der Waals surface area contributed by atoms with Gasteiger partial charge in [0.2, 0.25) is 0 Å². The summed E-state index contributed by atoms with van der Waals surface area (Å²) in [5.41, 5.74) is 3.27. The highest BCUT2D eigenvalue weighted by Gasteiger charge is 2.32. The van der Waals surface area contributed by atoms with E-state index >= 15 is 0 Å². The van der Waals surface area contributed by atoms with E-state index in [4.69, 9.17) is 17.0 Å². The van der Waals surface area contributed by atoms with Crippen LogP contribution >= 0.6 is 39.9 Å². The molecule has 2 aliphatic rings. The van der Waals surface area contributed by atoms with Crippen molar-refractivity contribution in [3.05, 3.63) is 69.2 Å². The average molecular weight is 570 g/mol. The summed E-state index contributed by atoms with van der Waals surface area (Å²) in [6.07, 6.45) is 10.4. The molecule has 2 heterocycles. The SMILES string of the molecule is Cc1ccccc1OCCn1cc(/C=C2\SC(=S)N(CCC3CCCC3)C2=O)c2cc(Br)ccc21. The molecular weight excluding hydrogens is 540 g/mol. The van der Waals surface area contributed by atoms with Crippen molar-refractivity contribution in [2.24, 2.45) is 5.92 Å². The van der Waals surface area contributed by atoms with E-state index in [1.54, 1.807) is 4.90 Å². The monoisotopic (exact) mass is 568 g/mol. The molecule has 1 amide bonds. The maximum Gasteiger partial charge on any atom is 0.266 e. The van der Waals surface area contributed by atoms with Crippen LogP contribution in [0.4, 0.5) is 0 Å². The number of benzene rings is 2. The Bertz CT molecular complexity index is 1290. The summed E-state index contributed by atoms with van der Waals surface area (Å²) < 4.78 is 9.93. The van der Waals surface area contributed by atoms with E-state index in [1.165, 1.54) is 37.4 Å². The minimum Gasteiger partial charge on any atom is -0.491 e. The van der Waals surface area contributed by atoms with Gasteiger partial charge in [0.15, 0.2) is 0 Å². The van der Waals surface area contributed by atoms with E-state index in [0.29, 0.717) is 22.4 Å². The van der Waals surface area contributed by atoms with Crippen LogP contribution in [0.5, 0.6) is 5.75 Å². The van der Waals surface area contributed by atoms with Crippen LogP contribution in [0.2, 0.25) is 0 Å². The fourth-order valence-electron chi connectivity index (χ4n) is 5.01. The zero-order valence-corrected chi connectivity index (χ0v) is 23.1. The number of thiocarbonyl (C=S) groups is 1. The number of carbonyl (C=O) groups excluding carboxylic acids is 1. The molecule has 1 saturated carbocycles. The Hall–Kier alpha value is -2.09. The van der Waals surface area contributed by atoms with E-state index in [-0.39, 0.29) is 5.91 Å². The number of aromatic nitrogens is 1. The van der Waals surface area contributed by atoms with Crippen LogP contribution in [-0.2, 0) is 11.3 Å². The molecule has 0 atom stereocenters. The third kappa shape index (κ3) is 5.52. The zero-order chi connectivity index (χ0) is 24.4. The minimum absolute atomic E-state index is 0.0387. The van der Waals surface area contributed by atoms with Gasteiger partial charge >= 0.3 is 0 Å². The summed E-state index contributed by atoms with van der Waals surface area (Å²) in [5, 5.41) is 1.10. The maximum atomic E-state index is 13.2. The molecule has 1 saturated heterocycles. The number of fused-ring (bicyclic) bond motifs is 1. The van der Waals surface area contributed by atoms with Crippen molar-refractivity contribution in [2.75, 3.05) is 13.2 Å². The van der Waals surface area contributed by atoms with E-state index in [0.717, 1.165) is 51.1 Å². The predicted octanol–water partition coefficient (Wildman–Crippen LogP) is 7.57. The lowest BCUT2D eigenvalue weighted by Gasteiger charge is -2.17. The molecule has 7 heteroatoms. The zero-order valence-electron chi connectivity index (χ0n) is 19.8. The van der Waals surface area contributed by atoms with Gasteiger partial charge in [-0.25, -0.2) is 0 Å². The number of para-hydroxylation sites is 1. The third-order valence-corrected chi connectivity index (χ3v) is 8.82. The first-order valence-corrected chi connectivity index (χ1v) is 14.2. The molecular formula is C28H29BrN2O2S2. The first kappa shape index (κ1) is 24.6. The van der Waals surface area contributed by atoms with Gasteiger partial charge in [-0.3, -0.25) is 9.69 Å². The number of thioether (sulfide) groups is 1. The van der Waals surface area contributed by atoms with Crippen molar-refractivity contribution in [1.82, 2.24) is 9.47 Å². The van der Waals surface area contributed by atoms with Crippen LogP contribution < -0.4 is 4.74 Å². The molecule has 182 valence electrons. The fourth-order valence-corrected chi connectivity index (χ4v) is 6.67. The Morgan fingerprint density at radius 1 is 1.17 bits per heavy atom. The molecule has 1 aromatic heterocycles. The number of hydrogen-bond donors (Lipinski definition) is 0. The van der Waals surface area contributed by atoms with Crippen LogP contribution in [0.25, 0.3) is 17.0 Å². The Morgan fingerprint density at radius 3 is 2.77 bits per heavy atom. The largest absolute Gasteiger partial charge is 0.491 e. The summed E-state index contributed by atoms with van der Waals surface area (Å²) in [5.74, 6) is 1.69. The quantitative estimate of drug-likeness (QED) is 0.207. The number of rotatable bonds is 8. The Kier molecular flexibility index (Phi) is 7.65. The van der Waals surface area contributed by atoms with Crippen molar-refractivity contribution in [1.29, 1.82) is 0 Å². The van der Waals surface area contributed by atoms with Gasteiger partial charge in [0, 0.05) is 33.7 Å². The molecule has 35 heavy (non-hydrogen) atoms. The van der Waals surface area contributed by atoms with Gasteiger partial charge in [0.25, 0.3) is 5.91 Å². The van der Waals surface area contributed by atoms with Crippen molar-refractivity contribution in [3.63, 3.8) is 0 Å². The number of aryl methyl sites for hydroxylation is 1. The average Bonchev–Trinajstić information content (AvgIpc) is 3.54. The molecule has 0 bridgehead atoms. The van der Waals surface area contributed by atoms with Gasteiger partial charge in [-0.15, -0.1) is 0 Å². The van der Waals surface area contributed by atoms with Gasteiger partial charge in [-0.1, -0.05) is 83.8 Å². The van der Waals surface area contributed by atoms with Crippen LogP contribution in [0.1, 0.15) is 43.2 Å². The molecule has 2 fully saturated rings. The molecule has 1 aliphatic heterocycles. The van der Waals surface area contributed by atoms with Gasteiger partial charge in [-0.2, -0.15) is 0 Å². The van der Waals surface area contributed by atoms with Crippen LogP contribution in [0.3, 0.4) is 0 Å². The van der Waals surface area contributed by atoms with Crippen molar-refractivity contribution >= 4 is 67.1 Å². The summed E-state index contributed by atoms with van der Waals surface area (Å²) in [6.45, 7) is 4.06. The maximum absolute atomic E-state index is 13.2. The number of amides is 1. The second-order valence-electron chi connectivity index (χ2n) is 9.33. The molecule has 0 unspecified atom stereocenters. The summed E-state index contributed by atoms with van der Waals surface area (Å²) in [4.78, 5) is 15.7. The number of nitrogens with zero attached hydrogens (tertiary/aromatic N) is 2. The highest BCUT2D eigenvalue weighted by Crippen LogP contribution is 2.36. The molecule has 0 radical (unpaired) electrons. The van der Waals surface area contributed by atoms with E-state index in [9.17, 15) is 4.79 Å². The van der Waals surface area contributed by atoms with Gasteiger partial charge < -0.3 is 9.30 Å². The van der Waals surface area contributed by atoms with Crippen LogP contribution in [-0.4, -0.2) is 32.8 Å². The normalized spacial score (nSPS) is 17.9. The number of hydrogen-bond acceptors (Lipinski definition) is 4. The molecule has 4 nitrogen and oxygen atoms in total. The minimum atomic E-state index is 0.0387. The predicted molar refractivity (Wildman–Crippen MR) is 153 cm³/mol. The third-order valence-electron chi connectivity index (χ3n) is 6.95. The van der Waals surface area contributed by atoms with Crippen molar-refractivity contribution in [3.8, 4) is 5.75 Å². The Balaban J connectivity index is 1.35. The summed E-state index contributed by atoms with van der Waals surface area (Å²) >= 11 is 10.6. The van der Waals surface area contributed by atoms with Crippen molar-refractivity contribution in [2.45, 2.75) is 45.6 Å². The van der Waals surface area contributed by atoms with Gasteiger partial charge in [0.1, 0.15) is 16.7 Å². The van der Waals surface area contributed by atoms with Gasteiger partial charge in [-0.05, 0) is 55.2 Å². The second kappa shape index (κ2) is 10.9. The molecule has 2 aromatic carbocycles. The second-order valence-corrected chi connectivity index (χ2v) is 11.9. The molecule has 3 aromatic rings. The number of ether oxygens (including phenoxy) is 1. The Morgan fingerprint density at radius 2 is 1.97 bits per heavy atom. The van der Waals surface area contributed by atoms with E-state index in [1.807, 2.05) is 30.3 Å².